The number of carbonyl (C=O) groups excluding carboxylic acids is 1. The number of aliphatic imine (C=N–C) groups is 1. The Hall–Kier alpha value is -1.29. The molecule has 0 radical (unpaired) electrons. The molecule has 3 heterocycles. The third-order valence-electron chi connectivity index (χ3n) is 6.97. The summed E-state index contributed by atoms with van der Waals surface area (Å²) in [7, 11) is -2.99. The number of nitrogens with zero attached hydrogens (tertiary/aromatic N) is 3. The number of amides is 1. The topological polar surface area (TPSA) is 82.1 Å². The molecule has 0 unspecified atom stereocenters. The van der Waals surface area contributed by atoms with Crippen molar-refractivity contribution in [1.29, 1.82) is 0 Å². The van der Waals surface area contributed by atoms with Gasteiger partial charge in [0.2, 0.25) is 0 Å². The van der Waals surface area contributed by atoms with Crippen molar-refractivity contribution < 1.29 is 13.2 Å². The SMILES string of the molecule is O=C(c1ccc(Cl)c(NC2=N[C@H]3CS(=O)(=O)C[C@H]3S2)c1)N1CCN(C2CCCCC2)CC1. The van der Waals surface area contributed by atoms with Gasteiger partial charge in [-0.25, -0.2) is 8.42 Å². The Morgan fingerprint density at radius 3 is 2.56 bits per heavy atom. The minimum Gasteiger partial charge on any atom is -0.336 e. The van der Waals surface area contributed by atoms with Crippen molar-refractivity contribution in [1.82, 2.24) is 9.80 Å². The maximum Gasteiger partial charge on any atom is 0.254 e. The van der Waals surface area contributed by atoms with Gasteiger partial charge >= 0.3 is 0 Å². The van der Waals surface area contributed by atoms with Gasteiger partial charge in [0.25, 0.3) is 5.91 Å². The fourth-order valence-corrected chi connectivity index (χ4v) is 9.04. The standard InChI is InChI=1S/C22H29ClN4O3S2/c23-17-7-6-15(12-18(17)24-22-25-19-13-32(29,30)14-20(19)31-22)21(28)27-10-8-26(9-11-27)16-4-2-1-3-5-16/h6-7,12,16,19-20H,1-5,8-11,13-14H2,(H,24,25)/t19-,20+/m0/s1. The lowest BCUT2D eigenvalue weighted by atomic mass is 9.94. The summed E-state index contributed by atoms with van der Waals surface area (Å²) >= 11 is 7.83. The van der Waals surface area contributed by atoms with Crippen LogP contribution in [0.2, 0.25) is 5.02 Å². The van der Waals surface area contributed by atoms with E-state index in [-0.39, 0.29) is 28.7 Å². The summed E-state index contributed by atoms with van der Waals surface area (Å²) in [6, 6.07) is 5.78. The second-order valence-electron chi connectivity index (χ2n) is 9.17. The Labute approximate surface area is 198 Å². The number of amidine groups is 1. The van der Waals surface area contributed by atoms with Gasteiger partial charge in [-0.15, -0.1) is 0 Å². The van der Waals surface area contributed by atoms with Crippen molar-refractivity contribution >= 4 is 50.0 Å². The second-order valence-corrected chi connectivity index (χ2v) is 13.0. The van der Waals surface area contributed by atoms with Crippen LogP contribution in [0, 0.1) is 0 Å². The molecule has 10 heteroatoms. The van der Waals surface area contributed by atoms with Crippen LogP contribution in [0.25, 0.3) is 0 Å². The number of hydrogen-bond donors (Lipinski definition) is 1. The van der Waals surface area contributed by atoms with Gasteiger partial charge < -0.3 is 10.2 Å². The fraction of sp³-hybridized carbons (Fsp3) is 0.636. The highest BCUT2D eigenvalue weighted by molar-refractivity contribution is 8.15. The zero-order chi connectivity index (χ0) is 22.3. The van der Waals surface area contributed by atoms with Crippen LogP contribution in [0.15, 0.2) is 23.2 Å². The van der Waals surface area contributed by atoms with Crippen molar-refractivity contribution in [3.8, 4) is 0 Å². The average molecular weight is 497 g/mol. The normalized spacial score (nSPS) is 28.4. The zero-order valence-corrected chi connectivity index (χ0v) is 20.4. The van der Waals surface area contributed by atoms with Gasteiger partial charge in [-0.2, -0.15) is 0 Å². The molecule has 32 heavy (non-hydrogen) atoms. The molecule has 1 aliphatic carbocycles. The summed E-state index contributed by atoms with van der Waals surface area (Å²) in [5, 5.41) is 4.36. The number of rotatable bonds is 3. The maximum absolute atomic E-state index is 13.1. The molecule has 5 rings (SSSR count). The van der Waals surface area contributed by atoms with Gasteiger partial charge in [0.05, 0.1) is 28.3 Å². The zero-order valence-electron chi connectivity index (χ0n) is 18.0. The van der Waals surface area contributed by atoms with Crippen LogP contribution in [0.5, 0.6) is 0 Å². The monoisotopic (exact) mass is 496 g/mol. The Morgan fingerprint density at radius 1 is 1.09 bits per heavy atom. The molecule has 174 valence electrons. The minimum absolute atomic E-state index is 0.0250. The summed E-state index contributed by atoms with van der Waals surface area (Å²) in [6.45, 7) is 3.38. The number of benzene rings is 1. The predicted molar refractivity (Wildman–Crippen MR) is 131 cm³/mol. The van der Waals surface area contributed by atoms with Gasteiger partial charge in [0, 0.05) is 43.0 Å². The number of thioether (sulfide) groups is 1. The minimum atomic E-state index is -2.99. The van der Waals surface area contributed by atoms with E-state index >= 15 is 0 Å². The number of piperazine rings is 1. The molecule has 1 amide bonds. The smallest absolute Gasteiger partial charge is 0.254 e. The Balaban J connectivity index is 1.22. The van der Waals surface area contributed by atoms with E-state index in [0.717, 1.165) is 26.2 Å². The van der Waals surface area contributed by atoms with E-state index in [1.807, 2.05) is 4.90 Å². The summed E-state index contributed by atoms with van der Waals surface area (Å²) in [4.78, 5) is 22.2. The van der Waals surface area contributed by atoms with Crippen LogP contribution in [0.3, 0.4) is 0 Å². The fourth-order valence-electron chi connectivity index (χ4n) is 5.20. The Bertz CT molecular complexity index is 1020. The highest BCUT2D eigenvalue weighted by atomic mass is 35.5. The third kappa shape index (κ3) is 4.81. The van der Waals surface area contributed by atoms with Crippen LogP contribution >= 0.6 is 23.4 Å². The number of hydrogen-bond acceptors (Lipinski definition) is 7. The van der Waals surface area contributed by atoms with E-state index in [1.54, 1.807) is 18.2 Å². The highest BCUT2D eigenvalue weighted by Gasteiger charge is 2.42. The highest BCUT2D eigenvalue weighted by Crippen LogP contribution is 2.36. The molecule has 1 saturated carbocycles. The number of anilines is 1. The van der Waals surface area contributed by atoms with Gasteiger partial charge in [0.15, 0.2) is 15.0 Å². The molecule has 7 nitrogen and oxygen atoms in total. The molecule has 0 bridgehead atoms. The molecule has 3 aliphatic heterocycles. The summed E-state index contributed by atoms with van der Waals surface area (Å²) in [5.74, 6) is 0.294. The first-order valence-corrected chi connectivity index (χ1v) is 14.5. The van der Waals surface area contributed by atoms with Crippen molar-refractivity contribution in [3.05, 3.63) is 28.8 Å². The molecule has 1 N–H and O–H groups in total. The molecule has 2 atom stereocenters. The molecule has 4 aliphatic rings. The first kappa shape index (κ1) is 22.5. The predicted octanol–water partition coefficient (Wildman–Crippen LogP) is 3.11. The molecular weight excluding hydrogens is 468 g/mol. The lowest BCUT2D eigenvalue weighted by Gasteiger charge is -2.40. The Kier molecular flexibility index (Phi) is 6.44. The largest absolute Gasteiger partial charge is 0.336 e. The number of carbonyl (C=O) groups is 1. The van der Waals surface area contributed by atoms with Crippen LogP contribution < -0.4 is 5.32 Å². The summed E-state index contributed by atoms with van der Waals surface area (Å²) in [5.41, 5.74) is 1.24. The van der Waals surface area contributed by atoms with E-state index in [2.05, 4.69) is 15.2 Å². The van der Waals surface area contributed by atoms with E-state index < -0.39 is 9.84 Å². The third-order valence-corrected chi connectivity index (χ3v) is 10.4. The molecule has 2 saturated heterocycles. The summed E-state index contributed by atoms with van der Waals surface area (Å²) in [6.07, 6.45) is 6.58. The van der Waals surface area contributed by atoms with Crippen molar-refractivity contribution in [2.45, 2.75) is 49.4 Å². The van der Waals surface area contributed by atoms with E-state index in [4.69, 9.17) is 11.6 Å². The van der Waals surface area contributed by atoms with Crippen molar-refractivity contribution in [2.75, 3.05) is 43.0 Å². The van der Waals surface area contributed by atoms with Crippen LogP contribution in [0.1, 0.15) is 42.5 Å². The number of fused-ring (bicyclic) bond motifs is 1. The van der Waals surface area contributed by atoms with Gasteiger partial charge in [-0.1, -0.05) is 42.6 Å². The second kappa shape index (κ2) is 9.16. The summed E-state index contributed by atoms with van der Waals surface area (Å²) < 4.78 is 23.5. The molecule has 1 aromatic carbocycles. The van der Waals surface area contributed by atoms with Crippen LogP contribution in [-0.4, -0.2) is 84.3 Å². The molecule has 1 aromatic rings. The maximum atomic E-state index is 13.1. The van der Waals surface area contributed by atoms with Gasteiger partial charge in [-0.05, 0) is 31.0 Å². The molecular formula is C22H29ClN4O3S2. The van der Waals surface area contributed by atoms with Gasteiger partial charge in [0.1, 0.15) is 0 Å². The quantitative estimate of drug-likeness (QED) is 0.692. The van der Waals surface area contributed by atoms with E-state index in [1.165, 1.54) is 43.9 Å². The van der Waals surface area contributed by atoms with E-state index in [0.29, 0.717) is 27.5 Å². The number of nitrogens with one attached hydrogen (secondary N) is 1. The molecule has 3 fully saturated rings. The first-order chi connectivity index (χ1) is 15.4. The molecule has 0 spiro atoms. The average Bonchev–Trinajstić information content (AvgIpc) is 3.28. The lowest BCUT2D eigenvalue weighted by molar-refractivity contribution is 0.0523. The number of halogens is 1. The van der Waals surface area contributed by atoms with Crippen LogP contribution in [0.4, 0.5) is 5.69 Å². The first-order valence-electron chi connectivity index (χ1n) is 11.4. The van der Waals surface area contributed by atoms with Crippen molar-refractivity contribution in [3.63, 3.8) is 0 Å². The van der Waals surface area contributed by atoms with Gasteiger partial charge in [-0.3, -0.25) is 14.7 Å². The lowest BCUT2D eigenvalue weighted by Crippen LogP contribution is -2.52. The van der Waals surface area contributed by atoms with Crippen LogP contribution in [-0.2, 0) is 9.84 Å². The Morgan fingerprint density at radius 2 is 1.84 bits per heavy atom. The number of sulfone groups is 1. The molecule has 0 aromatic heterocycles. The van der Waals surface area contributed by atoms with E-state index in [9.17, 15) is 13.2 Å². The van der Waals surface area contributed by atoms with Crippen molar-refractivity contribution in [2.24, 2.45) is 4.99 Å².